The Hall–Kier alpha value is -0.840. The van der Waals surface area contributed by atoms with Crippen molar-refractivity contribution in [1.82, 2.24) is 15.5 Å². The zero-order chi connectivity index (χ0) is 18.6. The van der Waals surface area contributed by atoms with E-state index < -0.39 is 0 Å². The lowest BCUT2D eigenvalue weighted by Crippen LogP contribution is -2.52. The summed E-state index contributed by atoms with van der Waals surface area (Å²) in [4.78, 5) is 6.83. The molecule has 1 aromatic rings. The van der Waals surface area contributed by atoms with Gasteiger partial charge in [0.2, 0.25) is 0 Å². The Balaban J connectivity index is 0.00000364. The average molecular weight is 494 g/mol. The molecule has 1 aromatic heterocycles. The van der Waals surface area contributed by atoms with Gasteiger partial charge in [-0.2, -0.15) is 0 Å². The summed E-state index contributed by atoms with van der Waals surface area (Å²) in [6, 6.07) is 4.27. The number of nitrogens with one attached hydrogen (secondary N) is 2. The molecule has 0 aromatic carbocycles. The molecule has 1 unspecified atom stereocenters. The molecule has 2 rings (SSSR count). The Morgan fingerprint density at radius 3 is 2.70 bits per heavy atom. The molecular weight excluding hydrogens is 459 g/mol. The van der Waals surface area contributed by atoms with Gasteiger partial charge in [0.25, 0.3) is 0 Å². The van der Waals surface area contributed by atoms with Crippen LogP contribution in [0.4, 0.5) is 0 Å². The molecule has 1 aliphatic rings. The third-order valence-electron chi connectivity index (χ3n) is 4.57. The molecule has 0 saturated carbocycles. The van der Waals surface area contributed by atoms with Crippen molar-refractivity contribution in [2.45, 2.75) is 32.9 Å². The summed E-state index contributed by atoms with van der Waals surface area (Å²) in [6.45, 7) is 11.1. The highest BCUT2D eigenvalue weighted by Gasteiger charge is 2.23. The number of hydrogen-bond acceptors (Lipinski definition) is 5. The third kappa shape index (κ3) is 9.27. The molecule has 156 valence electrons. The van der Waals surface area contributed by atoms with E-state index in [1.165, 1.54) is 0 Å². The zero-order valence-corrected chi connectivity index (χ0v) is 19.1. The molecule has 1 aliphatic heterocycles. The Morgan fingerprint density at radius 1 is 1.30 bits per heavy atom. The minimum atomic E-state index is 0. The van der Waals surface area contributed by atoms with Gasteiger partial charge in [-0.3, -0.25) is 9.89 Å². The van der Waals surface area contributed by atoms with Gasteiger partial charge in [0.05, 0.1) is 19.5 Å². The Kier molecular flexibility index (Phi) is 12.7. The van der Waals surface area contributed by atoms with Crippen molar-refractivity contribution in [3.8, 4) is 0 Å². The Morgan fingerprint density at radius 2 is 2.07 bits per heavy atom. The SMILES string of the molecule is CN=C(NCCCOCc1ccco1)NCC(C(C)C)N1CCOCC1.I. The second-order valence-corrected chi connectivity index (χ2v) is 6.83. The van der Waals surface area contributed by atoms with Crippen molar-refractivity contribution in [3.63, 3.8) is 0 Å². The molecule has 0 amide bonds. The van der Waals surface area contributed by atoms with Crippen LogP contribution in [0, 0.1) is 5.92 Å². The number of aliphatic imine (C=N–C) groups is 1. The third-order valence-corrected chi connectivity index (χ3v) is 4.57. The average Bonchev–Trinajstić information content (AvgIpc) is 3.17. The van der Waals surface area contributed by atoms with Crippen LogP contribution in [0.5, 0.6) is 0 Å². The van der Waals surface area contributed by atoms with Crippen molar-refractivity contribution in [2.75, 3.05) is 53.0 Å². The van der Waals surface area contributed by atoms with Gasteiger partial charge < -0.3 is 24.5 Å². The van der Waals surface area contributed by atoms with Gasteiger partial charge in [0.15, 0.2) is 5.96 Å². The van der Waals surface area contributed by atoms with Crippen LogP contribution in [0.15, 0.2) is 27.8 Å². The molecule has 2 heterocycles. The highest BCUT2D eigenvalue weighted by molar-refractivity contribution is 14.0. The Labute approximate surface area is 180 Å². The largest absolute Gasteiger partial charge is 0.467 e. The van der Waals surface area contributed by atoms with Gasteiger partial charge in [-0.1, -0.05) is 13.8 Å². The van der Waals surface area contributed by atoms with Crippen LogP contribution in [-0.2, 0) is 16.1 Å². The number of furan rings is 1. The summed E-state index contributed by atoms with van der Waals surface area (Å²) in [5, 5.41) is 6.81. The fraction of sp³-hybridized carbons (Fsp3) is 0.737. The quantitative estimate of drug-likeness (QED) is 0.225. The van der Waals surface area contributed by atoms with Crippen LogP contribution >= 0.6 is 24.0 Å². The molecule has 1 atom stereocenters. The molecular formula is C19H35IN4O3. The second kappa shape index (κ2) is 14.2. The summed E-state index contributed by atoms with van der Waals surface area (Å²) < 4.78 is 16.3. The second-order valence-electron chi connectivity index (χ2n) is 6.83. The lowest BCUT2D eigenvalue weighted by molar-refractivity contribution is 0.00752. The number of morpholine rings is 1. The summed E-state index contributed by atoms with van der Waals surface area (Å²) in [5.41, 5.74) is 0. The monoisotopic (exact) mass is 494 g/mol. The van der Waals surface area contributed by atoms with E-state index >= 15 is 0 Å². The van der Waals surface area contributed by atoms with Crippen LogP contribution in [0.25, 0.3) is 0 Å². The van der Waals surface area contributed by atoms with Crippen molar-refractivity contribution in [3.05, 3.63) is 24.2 Å². The molecule has 2 N–H and O–H groups in total. The number of guanidine groups is 1. The first kappa shape index (κ1) is 24.2. The highest BCUT2D eigenvalue weighted by atomic mass is 127. The lowest BCUT2D eigenvalue weighted by atomic mass is 10.0. The number of halogens is 1. The van der Waals surface area contributed by atoms with Crippen molar-refractivity contribution in [1.29, 1.82) is 0 Å². The van der Waals surface area contributed by atoms with Gasteiger partial charge in [-0.15, -0.1) is 24.0 Å². The molecule has 1 saturated heterocycles. The first-order valence-electron chi connectivity index (χ1n) is 9.57. The standard InChI is InChI=1S/C19H34N4O3.HI/c1-16(2)18(23-8-12-24-13-9-23)14-22-19(20-3)21-7-5-10-25-15-17-6-4-11-26-17;/h4,6,11,16,18H,5,7-10,12-15H2,1-3H3,(H2,20,21,22);1H. The van der Waals surface area contributed by atoms with Crippen LogP contribution in [-0.4, -0.2) is 69.9 Å². The molecule has 8 heteroatoms. The minimum Gasteiger partial charge on any atom is -0.467 e. The molecule has 0 aliphatic carbocycles. The van der Waals surface area contributed by atoms with Crippen molar-refractivity contribution in [2.24, 2.45) is 10.9 Å². The molecule has 7 nitrogen and oxygen atoms in total. The normalized spacial score (nSPS) is 16.8. The summed E-state index contributed by atoms with van der Waals surface area (Å²) in [6.07, 6.45) is 2.58. The van der Waals surface area contributed by atoms with E-state index in [1.807, 2.05) is 19.2 Å². The minimum absolute atomic E-state index is 0. The van der Waals surface area contributed by atoms with Gasteiger partial charge in [0.1, 0.15) is 12.4 Å². The topological polar surface area (TPSA) is 71.3 Å². The molecule has 0 spiro atoms. The highest BCUT2D eigenvalue weighted by Crippen LogP contribution is 2.12. The van der Waals surface area contributed by atoms with E-state index in [0.717, 1.165) is 57.5 Å². The zero-order valence-electron chi connectivity index (χ0n) is 16.8. The number of ether oxygens (including phenoxy) is 2. The van der Waals surface area contributed by atoms with E-state index in [9.17, 15) is 0 Å². The first-order valence-corrected chi connectivity index (χ1v) is 9.57. The van der Waals surface area contributed by atoms with E-state index in [0.29, 0.717) is 25.2 Å². The van der Waals surface area contributed by atoms with Crippen molar-refractivity contribution >= 4 is 29.9 Å². The molecule has 27 heavy (non-hydrogen) atoms. The van der Waals surface area contributed by atoms with Gasteiger partial charge in [-0.25, -0.2) is 0 Å². The molecule has 0 bridgehead atoms. The van der Waals surface area contributed by atoms with Crippen LogP contribution in [0.3, 0.4) is 0 Å². The number of nitrogens with zero attached hydrogens (tertiary/aromatic N) is 2. The van der Waals surface area contributed by atoms with E-state index in [-0.39, 0.29) is 24.0 Å². The predicted molar refractivity (Wildman–Crippen MR) is 119 cm³/mol. The van der Waals surface area contributed by atoms with Gasteiger partial charge in [-0.05, 0) is 24.5 Å². The van der Waals surface area contributed by atoms with Crippen LogP contribution < -0.4 is 10.6 Å². The summed E-state index contributed by atoms with van der Waals surface area (Å²) in [5.74, 6) is 2.28. The lowest BCUT2D eigenvalue weighted by Gasteiger charge is -2.37. The predicted octanol–water partition coefficient (Wildman–Crippen LogP) is 2.33. The van der Waals surface area contributed by atoms with Gasteiger partial charge >= 0.3 is 0 Å². The fourth-order valence-corrected chi connectivity index (χ4v) is 3.07. The van der Waals surface area contributed by atoms with E-state index in [4.69, 9.17) is 13.9 Å². The number of hydrogen-bond donors (Lipinski definition) is 2. The molecule has 0 radical (unpaired) electrons. The summed E-state index contributed by atoms with van der Waals surface area (Å²) in [7, 11) is 1.81. The van der Waals surface area contributed by atoms with Gasteiger partial charge in [0, 0.05) is 45.9 Å². The van der Waals surface area contributed by atoms with E-state index in [2.05, 4.69) is 34.4 Å². The first-order chi connectivity index (χ1) is 12.7. The maximum Gasteiger partial charge on any atom is 0.191 e. The fourth-order valence-electron chi connectivity index (χ4n) is 3.07. The van der Waals surface area contributed by atoms with Crippen molar-refractivity contribution < 1.29 is 13.9 Å². The maximum atomic E-state index is 5.59. The number of rotatable bonds is 10. The molecule has 1 fully saturated rings. The van der Waals surface area contributed by atoms with Crippen LogP contribution in [0.2, 0.25) is 0 Å². The summed E-state index contributed by atoms with van der Waals surface area (Å²) >= 11 is 0. The maximum absolute atomic E-state index is 5.59. The van der Waals surface area contributed by atoms with Crippen LogP contribution in [0.1, 0.15) is 26.0 Å². The smallest absolute Gasteiger partial charge is 0.191 e. The van der Waals surface area contributed by atoms with E-state index in [1.54, 1.807) is 6.26 Å². The Bertz CT molecular complexity index is 505.